The molecule has 1 aliphatic rings. The third-order valence-corrected chi connectivity index (χ3v) is 4.40. The number of primary amides is 1. The molecule has 118 valence electrons. The summed E-state index contributed by atoms with van der Waals surface area (Å²) in [6.07, 6.45) is 3.70. The lowest BCUT2D eigenvalue weighted by molar-refractivity contribution is -0.122. The summed E-state index contributed by atoms with van der Waals surface area (Å²) in [6.45, 7) is 2.11. The zero-order valence-electron chi connectivity index (χ0n) is 12.7. The monoisotopic (exact) mass is 319 g/mol. The first kappa shape index (κ1) is 16.6. The molecule has 1 fully saturated rings. The highest BCUT2D eigenvalue weighted by molar-refractivity contribution is 5.85. The van der Waals surface area contributed by atoms with Crippen LogP contribution in [0.4, 0.5) is 5.82 Å². The number of halogens is 1. The van der Waals surface area contributed by atoms with Gasteiger partial charge in [0.1, 0.15) is 5.82 Å². The van der Waals surface area contributed by atoms with Crippen molar-refractivity contribution in [2.24, 2.45) is 11.7 Å². The van der Waals surface area contributed by atoms with E-state index < -0.39 is 0 Å². The van der Waals surface area contributed by atoms with Crippen molar-refractivity contribution in [2.45, 2.75) is 38.6 Å². The molecule has 0 atom stereocenters. The van der Waals surface area contributed by atoms with Crippen LogP contribution in [0.2, 0.25) is 0 Å². The molecule has 1 aliphatic carbocycles. The van der Waals surface area contributed by atoms with Crippen molar-refractivity contribution in [3.63, 3.8) is 0 Å². The number of nitrogens with zero attached hydrogens (tertiary/aromatic N) is 1. The minimum atomic E-state index is -0.159. The van der Waals surface area contributed by atoms with Crippen LogP contribution in [0.25, 0.3) is 10.9 Å². The maximum absolute atomic E-state index is 11.2. The second-order valence-corrected chi connectivity index (χ2v) is 5.94. The molecule has 0 bridgehead atoms. The second kappa shape index (κ2) is 6.97. The number of anilines is 1. The summed E-state index contributed by atoms with van der Waals surface area (Å²) in [4.78, 5) is 15.9. The third-order valence-electron chi connectivity index (χ3n) is 4.40. The molecule has 1 amide bonds. The van der Waals surface area contributed by atoms with Crippen molar-refractivity contribution in [3.05, 3.63) is 35.9 Å². The topological polar surface area (TPSA) is 68.0 Å². The Morgan fingerprint density at radius 3 is 2.59 bits per heavy atom. The molecule has 22 heavy (non-hydrogen) atoms. The smallest absolute Gasteiger partial charge is 0.220 e. The van der Waals surface area contributed by atoms with Gasteiger partial charge in [-0.3, -0.25) is 4.79 Å². The molecular weight excluding hydrogens is 298 g/mol. The lowest BCUT2D eigenvalue weighted by atomic mass is 9.85. The van der Waals surface area contributed by atoms with E-state index in [1.165, 1.54) is 10.9 Å². The molecule has 0 radical (unpaired) electrons. The van der Waals surface area contributed by atoms with E-state index >= 15 is 0 Å². The van der Waals surface area contributed by atoms with Crippen molar-refractivity contribution < 1.29 is 4.79 Å². The number of carbonyl (C=O) groups excluding carboxylic acids is 1. The van der Waals surface area contributed by atoms with Crippen LogP contribution in [0, 0.1) is 12.8 Å². The molecule has 0 aliphatic heterocycles. The summed E-state index contributed by atoms with van der Waals surface area (Å²) in [7, 11) is 0. The molecule has 0 unspecified atom stereocenters. The molecule has 3 N–H and O–H groups in total. The number of amides is 1. The Bertz CT molecular complexity index is 666. The number of aryl methyl sites for hydroxylation is 1. The summed E-state index contributed by atoms with van der Waals surface area (Å²) in [5, 5.41) is 4.70. The minimum absolute atomic E-state index is 0. The average Bonchev–Trinajstić information content (AvgIpc) is 2.48. The van der Waals surface area contributed by atoms with Crippen molar-refractivity contribution in [1.82, 2.24) is 4.98 Å². The first-order valence-corrected chi connectivity index (χ1v) is 7.56. The number of rotatable bonds is 3. The molecule has 1 heterocycles. The van der Waals surface area contributed by atoms with Crippen LogP contribution < -0.4 is 11.1 Å². The first-order valence-electron chi connectivity index (χ1n) is 7.56. The Morgan fingerprint density at radius 1 is 1.23 bits per heavy atom. The number of aromatic nitrogens is 1. The van der Waals surface area contributed by atoms with Crippen LogP contribution in [0.5, 0.6) is 0 Å². The number of hydrogen-bond acceptors (Lipinski definition) is 3. The van der Waals surface area contributed by atoms with Gasteiger partial charge in [0.15, 0.2) is 0 Å². The van der Waals surface area contributed by atoms with Gasteiger partial charge in [0.2, 0.25) is 5.91 Å². The largest absolute Gasteiger partial charge is 0.369 e. The number of para-hydroxylation sites is 1. The molecule has 0 spiro atoms. The molecule has 4 nitrogen and oxygen atoms in total. The van der Waals surface area contributed by atoms with E-state index in [9.17, 15) is 4.79 Å². The summed E-state index contributed by atoms with van der Waals surface area (Å²) in [5.74, 6) is 0.816. The van der Waals surface area contributed by atoms with E-state index in [1.54, 1.807) is 0 Å². The quantitative estimate of drug-likeness (QED) is 0.910. The van der Waals surface area contributed by atoms with Crippen molar-refractivity contribution >= 4 is 35.0 Å². The number of pyridine rings is 1. The van der Waals surface area contributed by atoms with E-state index in [0.717, 1.165) is 37.0 Å². The van der Waals surface area contributed by atoms with E-state index in [-0.39, 0.29) is 24.2 Å². The molecule has 1 saturated carbocycles. The number of fused-ring (bicyclic) bond motifs is 1. The molecule has 2 aromatic rings. The lowest BCUT2D eigenvalue weighted by Crippen LogP contribution is -2.32. The van der Waals surface area contributed by atoms with Crippen LogP contribution in [-0.2, 0) is 4.79 Å². The van der Waals surface area contributed by atoms with Gasteiger partial charge in [0.25, 0.3) is 0 Å². The second-order valence-electron chi connectivity index (χ2n) is 5.94. The normalized spacial score (nSPS) is 21.1. The fourth-order valence-electron chi connectivity index (χ4n) is 3.15. The van der Waals surface area contributed by atoms with Crippen molar-refractivity contribution in [1.29, 1.82) is 0 Å². The van der Waals surface area contributed by atoms with Crippen LogP contribution in [0.15, 0.2) is 30.3 Å². The predicted molar refractivity (Wildman–Crippen MR) is 92.3 cm³/mol. The molecule has 1 aromatic heterocycles. The number of carbonyl (C=O) groups is 1. The fraction of sp³-hybridized carbons (Fsp3) is 0.412. The van der Waals surface area contributed by atoms with Gasteiger partial charge in [0, 0.05) is 17.3 Å². The van der Waals surface area contributed by atoms with Crippen LogP contribution in [0.1, 0.15) is 31.2 Å². The van der Waals surface area contributed by atoms with Gasteiger partial charge in [-0.2, -0.15) is 0 Å². The number of nitrogens with one attached hydrogen (secondary N) is 1. The molecule has 3 rings (SSSR count). The maximum Gasteiger partial charge on any atom is 0.220 e. The van der Waals surface area contributed by atoms with Crippen molar-refractivity contribution in [2.75, 3.05) is 5.32 Å². The molecule has 5 heteroatoms. The van der Waals surface area contributed by atoms with Gasteiger partial charge in [0.05, 0.1) is 5.52 Å². The van der Waals surface area contributed by atoms with Gasteiger partial charge in [-0.1, -0.05) is 18.2 Å². The van der Waals surface area contributed by atoms with Crippen LogP contribution in [0.3, 0.4) is 0 Å². The Hall–Kier alpha value is -1.81. The zero-order valence-corrected chi connectivity index (χ0v) is 13.5. The highest BCUT2D eigenvalue weighted by Gasteiger charge is 2.24. The predicted octanol–water partition coefficient (Wildman–Crippen LogP) is 3.42. The van der Waals surface area contributed by atoms with Gasteiger partial charge in [-0.05, 0) is 50.3 Å². The zero-order chi connectivity index (χ0) is 14.8. The SMILES string of the molecule is Cc1cc(N[C@H]2CC[C@@H](C(N)=O)CC2)nc2ccccc12.Cl. The van der Waals surface area contributed by atoms with Crippen LogP contribution in [-0.4, -0.2) is 16.9 Å². The molecular formula is C17H22ClN3O. The lowest BCUT2D eigenvalue weighted by Gasteiger charge is -2.27. The molecule has 1 aromatic carbocycles. The molecule has 0 saturated heterocycles. The Labute approximate surface area is 136 Å². The number of hydrogen-bond donors (Lipinski definition) is 2. The highest BCUT2D eigenvalue weighted by atomic mass is 35.5. The van der Waals surface area contributed by atoms with Gasteiger partial charge < -0.3 is 11.1 Å². The average molecular weight is 320 g/mol. The minimum Gasteiger partial charge on any atom is -0.369 e. The first-order chi connectivity index (χ1) is 10.1. The van der Waals surface area contributed by atoms with Crippen molar-refractivity contribution in [3.8, 4) is 0 Å². The Morgan fingerprint density at radius 2 is 1.91 bits per heavy atom. The Balaban J connectivity index is 0.00000176. The van der Waals surface area contributed by atoms with E-state index in [0.29, 0.717) is 6.04 Å². The van der Waals surface area contributed by atoms with E-state index in [1.807, 2.05) is 18.2 Å². The number of benzene rings is 1. The highest BCUT2D eigenvalue weighted by Crippen LogP contribution is 2.27. The Kier molecular flexibility index (Phi) is 5.24. The summed E-state index contributed by atoms with van der Waals surface area (Å²) < 4.78 is 0. The van der Waals surface area contributed by atoms with E-state index in [4.69, 9.17) is 5.73 Å². The fourth-order valence-corrected chi connectivity index (χ4v) is 3.15. The van der Waals surface area contributed by atoms with E-state index in [2.05, 4.69) is 29.4 Å². The van der Waals surface area contributed by atoms with Crippen LogP contribution >= 0.6 is 12.4 Å². The van der Waals surface area contributed by atoms with Gasteiger partial charge in [-0.15, -0.1) is 12.4 Å². The third kappa shape index (κ3) is 3.50. The van der Waals surface area contributed by atoms with Gasteiger partial charge in [-0.25, -0.2) is 4.98 Å². The summed E-state index contributed by atoms with van der Waals surface area (Å²) in [6, 6.07) is 10.7. The van der Waals surface area contributed by atoms with Gasteiger partial charge >= 0.3 is 0 Å². The maximum atomic E-state index is 11.2. The summed E-state index contributed by atoms with van der Waals surface area (Å²) in [5.41, 5.74) is 7.63. The summed E-state index contributed by atoms with van der Waals surface area (Å²) >= 11 is 0. The number of nitrogens with two attached hydrogens (primary N) is 1. The standard InChI is InChI=1S/C17H21N3O.ClH/c1-11-10-16(20-15-5-3-2-4-14(11)15)19-13-8-6-12(7-9-13)17(18)21;/h2-5,10,12-13H,6-9H2,1H3,(H2,18,21)(H,19,20);1H/t12-,13+;.